The largest absolute Gasteiger partial charge is 0.311 e. The molecule has 2 aromatic heterocycles. The van der Waals surface area contributed by atoms with Crippen LogP contribution < -0.4 is 26.2 Å². The van der Waals surface area contributed by atoms with Gasteiger partial charge in [-0.15, -0.1) is 0 Å². The molecule has 118 heavy (non-hydrogen) atoms. The summed E-state index contributed by atoms with van der Waals surface area (Å²) in [5.74, 6) is 0. The fourth-order valence-corrected chi connectivity index (χ4v) is 19.8. The molecule has 586 valence electrons. The Morgan fingerprint density at radius 2 is 0.610 bits per heavy atom. The van der Waals surface area contributed by atoms with Crippen LogP contribution in [0.1, 0.15) is 207 Å². The third-order valence-corrected chi connectivity index (χ3v) is 26.4. The van der Waals surface area contributed by atoms with Crippen LogP contribution in [0, 0.1) is 0 Å². The summed E-state index contributed by atoms with van der Waals surface area (Å²) >= 11 is 0. The molecule has 4 heterocycles. The molecule has 5 heteroatoms. The number of anilines is 6. The van der Waals surface area contributed by atoms with Crippen LogP contribution in [0.3, 0.4) is 0 Å². The minimum atomic E-state index is -0.639. The van der Waals surface area contributed by atoms with Crippen LogP contribution in [0.4, 0.5) is 34.1 Å². The number of para-hydroxylation sites is 3. The van der Waals surface area contributed by atoms with E-state index >= 15 is 0 Å². The number of hydrogen-bond acceptors (Lipinski definition) is 2. The van der Waals surface area contributed by atoms with Gasteiger partial charge in [0.25, 0.3) is 6.71 Å². The minimum absolute atomic E-state index is 0.131. The number of rotatable bonds is 8. The predicted molar refractivity (Wildman–Crippen MR) is 508 cm³/mol. The average molecular weight is 1540 g/mol. The van der Waals surface area contributed by atoms with Gasteiger partial charge in [-0.25, -0.2) is 0 Å². The second-order valence-electron chi connectivity index (χ2n) is 41.5. The highest BCUT2D eigenvalue weighted by atomic mass is 15.2. The van der Waals surface area contributed by atoms with E-state index in [0.717, 1.165) is 39.6 Å². The number of hydrogen-bond donors (Lipinski definition) is 0. The summed E-state index contributed by atoms with van der Waals surface area (Å²) in [5, 5.41) is 4.96. The van der Waals surface area contributed by atoms with Crippen molar-refractivity contribution in [3.05, 3.63) is 352 Å². The molecule has 1 aliphatic carbocycles. The Labute approximate surface area is 701 Å². The van der Waals surface area contributed by atoms with Crippen molar-refractivity contribution in [1.29, 1.82) is 0 Å². The van der Waals surface area contributed by atoms with Crippen LogP contribution in [-0.2, 0) is 43.3 Å². The van der Waals surface area contributed by atoms with E-state index in [2.05, 4.69) is 456 Å². The molecular weight excluding hydrogens is 1420 g/mol. The van der Waals surface area contributed by atoms with Crippen molar-refractivity contribution in [3.63, 3.8) is 0 Å². The monoisotopic (exact) mass is 1530 g/mol. The standard InChI is InChI=1S/C113H111BN4/c1-106(2,3)74-48-55-96(88(64-74)70-58-76(108(7,8)9)62-77(59-70)109(10,11)12)117-99-68-81(115-93-45-33-29-41-84(93)85-42-30-34-46-94(85)115)50-53-91(99)114-92-54-51-82(116-95-47-35-31-43-87(95)103-98(116)57-52-86-83-40-28-32-44-90(83)113(104(86)103,72-36-24-22-25-37-72)73-38-26-23-27-39-73)69-100(92)118(102-67-80(112(19,20)21)66-101(117)105(102)114)97-56-49-75(107(4,5)6)65-89(97)71-60-78(110(13,14)15)63-79(61-71)111(16,17)18/h22-69H,1-21H3. The lowest BCUT2D eigenvalue weighted by Gasteiger charge is -2.46. The Morgan fingerprint density at radius 1 is 0.246 bits per heavy atom. The van der Waals surface area contributed by atoms with Crippen LogP contribution in [0.2, 0.25) is 0 Å². The highest BCUT2D eigenvalue weighted by Gasteiger charge is 2.50. The van der Waals surface area contributed by atoms with Crippen molar-refractivity contribution in [2.45, 2.75) is 189 Å². The fourth-order valence-electron chi connectivity index (χ4n) is 19.8. The maximum absolute atomic E-state index is 2.76. The molecule has 0 saturated heterocycles. The smallest absolute Gasteiger partial charge is 0.252 e. The molecule has 0 saturated carbocycles. The first-order valence-corrected chi connectivity index (χ1v) is 42.9. The summed E-state index contributed by atoms with van der Waals surface area (Å²) < 4.78 is 5.14. The fraction of sp³-hybridized carbons (Fsp3) is 0.257. The van der Waals surface area contributed by atoms with Crippen molar-refractivity contribution in [1.82, 2.24) is 9.13 Å². The maximum atomic E-state index is 2.76. The summed E-state index contributed by atoms with van der Waals surface area (Å²) in [6.07, 6.45) is 0. The lowest BCUT2D eigenvalue weighted by Crippen LogP contribution is -2.61. The summed E-state index contributed by atoms with van der Waals surface area (Å²) in [6.45, 7) is 49.8. The molecule has 2 aliphatic heterocycles. The van der Waals surface area contributed by atoms with Crippen molar-refractivity contribution in [3.8, 4) is 44.8 Å². The first-order chi connectivity index (χ1) is 56.0. The van der Waals surface area contributed by atoms with Gasteiger partial charge in [-0.1, -0.05) is 352 Å². The number of benzene rings is 14. The Morgan fingerprint density at radius 3 is 1.03 bits per heavy atom. The first-order valence-electron chi connectivity index (χ1n) is 42.9. The minimum Gasteiger partial charge on any atom is -0.311 e. The zero-order chi connectivity index (χ0) is 82.6. The Hall–Kier alpha value is -11.7. The van der Waals surface area contributed by atoms with E-state index in [-0.39, 0.29) is 44.6 Å². The van der Waals surface area contributed by atoms with Crippen molar-refractivity contribution >= 4 is 101 Å². The Bertz CT molecular complexity index is 6630. The third kappa shape index (κ3) is 12.1. The molecule has 4 nitrogen and oxygen atoms in total. The second-order valence-corrected chi connectivity index (χ2v) is 41.5. The highest BCUT2D eigenvalue weighted by Crippen LogP contribution is 2.61. The van der Waals surface area contributed by atoms with Gasteiger partial charge in [-0.3, -0.25) is 0 Å². The molecule has 0 bridgehead atoms. The Kier molecular flexibility index (Phi) is 17.3. The van der Waals surface area contributed by atoms with E-state index in [1.165, 1.54) is 160 Å². The van der Waals surface area contributed by atoms with Crippen LogP contribution in [-0.4, -0.2) is 15.8 Å². The van der Waals surface area contributed by atoms with E-state index in [4.69, 9.17) is 0 Å². The van der Waals surface area contributed by atoms with Gasteiger partial charge in [0, 0.05) is 66.8 Å². The van der Waals surface area contributed by atoms with E-state index in [0.29, 0.717) is 0 Å². The zero-order valence-corrected chi connectivity index (χ0v) is 73.1. The van der Waals surface area contributed by atoms with Gasteiger partial charge < -0.3 is 18.9 Å². The van der Waals surface area contributed by atoms with E-state index in [1.807, 2.05) is 0 Å². The SMILES string of the molecule is CC(C)(C)c1cc(-c2cc(C(C)(C)C)ccc2N2c3cc(-n4c5ccccc5c5ccccc54)ccc3B3c4ccc(-n5c6ccccc6c6c7c(ccc65)-c5ccccc5C7(c5ccccc5)c5ccccc5)cc4N(c4ccc(C(C)(C)C)cc4-c4cc(C(C)(C)C)cc(C(C)(C)C)c4)c4cc(C(C)(C)C)cc2c43)cc(C(C)(C)C)c1. The van der Waals surface area contributed by atoms with Crippen LogP contribution >= 0.6 is 0 Å². The van der Waals surface area contributed by atoms with Gasteiger partial charge in [0.1, 0.15) is 0 Å². The lowest BCUT2D eigenvalue weighted by atomic mass is 9.33. The summed E-state index contributed by atoms with van der Waals surface area (Å²) in [5.41, 5.74) is 37.4. The molecule has 0 fully saturated rings. The van der Waals surface area contributed by atoms with Gasteiger partial charge in [0.05, 0.1) is 38.9 Å². The molecular formula is C113H111BN4. The lowest BCUT2D eigenvalue weighted by molar-refractivity contribution is 0.568. The molecule has 0 atom stereocenters. The van der Waals surface area contributed by atoms with Crippen LogP contribution in [0.25, 0.3) is 88.4 Å². The molecule has 0 spiro atoms. The molecule has 16 aromatic rings. The van der Waals surface area contributed by atoms with Crippen molar-refractivity contribution < 1.29 is 0 Å². The quantitative estimate of drug-likeness (QED) is 0.141. The normalized spacial score (nSPS) is 14.2. The predicted octanol–water partition coefficient (Wildman–Crippen LogP) is 28.7. The number of nitrogens with zero attached hydrogens (tertiary/aromatic N) is 4. The molecule has 0 radical (unpaired) electrons. The van der Waals surface area contributed by atoms with Crippen LogP contribution in [0.5, 0.6) is 0 Å². The highest BCUT2D eigenvalue weighted by molar-refractivity contribution is 7.00. The maximum Gasteiger partial charge on any atom is 0.252 e. The van der Waals surface area contributed by atoms with Gasteiger partial charge in [-0.2, -0.15) is 0 Å². The Balaban J connectivity index is 0.967. The van der Waals surface area contributed by atoms with Gasteiger partial charge in [0.15, 0.2) is 0 Å². The summed E-state index contributed by atoms with van der Waals surface area (Å²) in [7, 11) is 0. The molecule has 19 rings (SSSR count). The summed E-state index contributed by atoms with van der Waals surface area (Å²) in [6, 6.07) is 114. The average Bonchev–Trinajstić information content (AvgIpc) is 1.39. The molecule has 14 aromatic carbocycles. The molecule has 0 unspecified atom stereocenters. The number of fused-ring (bicyclic) bond motifs is 14. The second kappa shape index (κ2) is 26.7. The van der Waals surface area contributed by atoms with Gasteiger partial charge >= 0.3 is 0 Å². The summed E-state index contributed by atoms with van der Waals surface area (Å²) in [4.78, 5) is 5.49. The molecule has 0 N–H and O–H groups in total. The van der Waals surface area contributed by atoms with E-state index in [9.17, 15) is 0 Å². The van der Waals surface area contributed by atoms with Crippen LogP contribution in [0.15, 0.2) is 291 Å². The first kappa shape index (κ1) is 76.3. The van der Waals surface area contributed by atoms with Crippen molar-refractivity contribution in [2.75, 3.05) is 9.80 Å². The van der Waals surface area contributed by atoms with E-state index < -0.39 is 5.41 Å². The van der Waals surface area contributed by atoms with Gasteiger partial charge in [0.2, 0.25) is 0 Å². The van der Waals surface area contributed by atoms with Gasteiger partial charge in [-0.05, 0) is 223 Å². The molecule has 3 aliphatic rings. The van der Waals surface area contributed by atoms with E-state index in [1.54, 1.807) is 0 Å². The molecule has 0 amide bonds. The zero-order valence-electron chi connectivity index (χ0n) is 73.1. The third-order valence-electron chi connectivity index (χ3n) is 26.4. The number of aromatic nitrogens is 2. The van der Waals surface area contributed by atoms with Crippen molar-refractivity contribution in [2.24, 2.45) is 0 Å². The topological polar surface area (TPSA) is 16.3 Å².